The van der Waals surface area contributed by atoms with E-state index in [0.29, 0.717) is 12.8 Å². The number of amides is 1. The van der Waals surface area contributed by atoms with Crippen molar-refractivity contribution in [2.75, 3.05) is 0 Å². The Balaban J connectivity index is 2.01. The maximum atomic E-state index is 12.2. The van der Waals surface area contributed by atoms with Gasteiger partial charge in [0.05, 0.1) is 5.54 Å². The Kier molecular flexibility index (Phi) is 3.40. The fourth-order valence-electron chi connectivity index (χ4n) is 1.59. The van der Waals surface area contributed by atoms with Crippen molar-refractivity contribution in [3.8, 4) is 5.75 Å². The molecule has 1 fully saturated rings. The Hall–Kier alpha value is -1.76. The molecule has 4 nitrogen and oxygen atoms in total. The van der Waals surface area contributed by atoms with Gasteiger partial charge in [-0.15, -0.1) is 13.2 Å². The van der Waals surface area contributed by atoms with Crippen molar-refractivity contribution < 1.29 is 22.7 Å². The first kappa shape index (κ1) is 13.7. The lowest BCUT2D eigenvalue weighted by molar-refractivity contribution is -0.274. The fraction of sp³-hybridized carbons (Fsp3) is 0.417. The van der Waals surface area contributed by atoms with E-state index in [1.165, 1.54) is 18.2 Å². The van der Waals surface area contributed by atoms with E-state index in [1.54, 1.807) is 6.07 Å². The van der Waals surface area contributed by atoms with Crippen LogP contribution < -0.4 is 15.8 Å². The smallest absolute Gasteiger partial charge is 0.405 e. The number of rotatable bonds is 4. The maximum absolute atomic E-state index is 12.2. The third-order valence-corrected chi connectivity index (χ3v) is 2.88. The highest BCUT2D eigenvalue weighted by Crippen LogP contribution is 2.32. The molecule has 7 heteroatoms. The van der Waals surface area contributed by atoms with Crippen molar-refractivity contribution in [1.29, 1.82) is 0 Å². The summed E-state index contributed by atoms with van der Waals surface area (Å²) in [6, 6.07) is 5.65. The molecule has 3 N–H and O–H groups in total. The summed E-state index contributed by atoms with van der Waals surface area (Å²) in [5.74, 6) is -0.675. The van der Waals surface area contributed by atoms with E-state index < -0.39 is 11.9 Å². The summed E-state index contributed by atoms with van der Waals surface area (Å²) in [6.45, 7) is -0.0516. The van der Waals surface area contributed by atoms with E-state index in [4.69, 9.17) is 5.73 Å². The van der Waals surface area contributed by atoms with E-state index in [0.717, 1.165) is 0 Å². The van der Waals surface area contributed by atoms with Crippen LogP contribution in [0.1, 0.15) is 18.4 Å². The highest BCUT2D eigenvalue weighted by molar-refractivity contribution is 5.88. The van der Waals surface area contributed by atoms with Crippen molar-refractivity contribution in [2.24, 2.45) is 5.73 Å². The normalized spacial score (nSPS) is 16.8. The molecule has 0 aliphatic heterocycles. The van der Waals surface area contributed by atoms with Gasteiger partial charge in [0, 0.05) is 12.1 Å². The van der Waals surface area contributed by atoms with Crippen LogP contribution in [0.2, 0.25) is 0 Å². The lowest BCUT2D eigenvalue weighted by atomic mass is 10.2. The number of para-hydroxylation sites is 1. The Labute approximate surface area is 107 Å². The van der Waals surface area contributed by atoms with Crippen molar-refractivity contribution in [3.05, 3.63) is 29.8 Å². The van der Waals surface area contributed by atoms with Gasteiger partial charge in [0.15, 0.2) is 0 Å². The molecule has 0 unspecified atom stereocenters. The lowest BCUT2D eigenvalue weighted by Gasteiger charge is -2.14. The largest absolute Gasteiger partial charge is 0.573 e. The second-order valence-corrected chi connectivity index (χ2v) is 4.49. The Morgan fingerprint density at radius 2 is 2.00 bits per heavy atom. The monoisotopic (exact) mass is 274 g/mol. The highest BCUT2D eigenvalue weighted by atomic mass is 19.4. The SMILES string of the molecule is NC1(C(=O)NCc2ccccc2OC(F)(F)F)CC1. The van der Waals surface area contributed by atoms with Gasteiger partial charge in [0.1, 0.15) is 5.75 Å². The van der Waals surface area contributed by atoms with Crippen molar-refractivity contribution in [2.45, 2.75) is 31.3 Å². The Bertz CT molecular complexity index is 484. The van der Waals surface area contributed by atoms with Gasteiger partial charge >= 0.3 is 6.36 Å². The van der Waals surface area contributed by atoms with Crippen LogP contribution in [-0.2, 0) is 11.3 Å². The molecular formula is C12H13F3N2O2. The van der Waals surface area contributed by atoms with Gasteiger partial charge in [0.2, 0.25) is 5.91 Å². The summed E-state index contributed by atoms with van der Waals surface area (Å²) >= 11 is 0. The number of nitrogens with two attached hydrogens (primary N) is 1. The molecule has 1 aliphatic carbocycles. The van der Waals surface area contributed by atoms with Crippen LogP contribution in [0.5, 0.6) is 5.75 Å². The number of alkyl halides is 3. The molecule has 19 heavy (non-hydrogen) atoms. The average molecular weight is 274 g/mol. The third kappa shape index (κ3) is 3.60. The standard InChI is InChI=1S/C12H13F3N2O2/c13-12(14,15)19-9-4-2-1-3-8(9)7-17-10(18)11(16)5-6-11/h1-4H,5-7,16H2,(H,17,18). The van der Waals surface area contributed by atoms with Gasteiger partial charge in [-0.25, -0.2) is 0 Å². The molecule has 0 bridgehead atoms. The average Bonchev–Trinajstić information content (AvgIpc) is 3.05. The minimum absolute atomic E-state index is 0.0516. The van der Waals surface area contributed by atoms with Crippen LogP contribution in [-0.4, -0.2) is 17.8 Å². The van der Waals surface area contributed by atoms with E-state index in [2.05, 4.69) is 10.1 Å². The predicted octanol–water partition coefficient (Wildman–Crippen LogP) is 1.69. The Morgan fingerprint density at radius 1 is 1.37 bits per heavy atom. The van der Waals surface area contributed by atoms with Crippen molar-refractivity contribution in [3.63, 3.8) is 0 Å². The van der Waals surface area contributed by atoms with Gasteiger partial charge < -0.3 is 15.8 Å². The second kappa shape index (κ2) is 4.73. The second-order valence-electron chi connectivity index (χ2n) is 4.49. The summed E-state index contributed by atoms with van der Waals surface area (Å²) in [6.07, 6.45) is -3.56. The van der Waals surface area contributed by atoms with E-state index in [9.17, 15) is 18.0 Å². The molecule has 1 saturated carbocycles. The summed E-state index contributed by atoms with van der Waals surface area (Å²) in [5.41, 5.74) is 5.07. The van der Waals surface area contributed by atoms with Crippen molar-refractivity contribution in [1.82, 2.24) is 5.32 Å². The van der Waals surface area contributed by atoms with Crippen LogP contribution in [0.3, 0.4) is 0 Å². The highest BCUT2D eigenvalue weighted by Gasteiger charge is 2.45. The molecule has 104 valence electrons. The minimum atomic E-state index is -4.76. The van der Waals surface area contributed by atoms with Gasteiger partial charge in [-0.05, 0) is 18.9 Å². The van der Waals surface area contributed by atoms with E-state index in [-0.39, 0.29) is 23.8 Å². The molecule has 1 aromatic rings. The maximum Gasteiger partial charge on any atom is 0.573 e. The first-order chi connectivity index (χ1) is 8.80. The zero-order chi connectivity index (χ0) is 14.1. The summed E-state index contributed by atoms with van der Waals surface area (Å²) in [7, 11) is 0. The summed E-state index contributed by atoms with van der Waals surface area (Å²) < 4.78 is 40.5. The molecule has 0 saturated heterocycles. The van der Waals surface area contributed by atoms with Crippen LogP contribution >= 0.6 is 0 Å². The quantitative estimate of drug-likeness (QED) is 0.878. The molecule has 2 rings (SSSR count). The van der Waals surface area contributed by atoms with Gasteiger partial charge in [-0.2, -0.15) is 0 Å². The molecular weight excluding hydrogens is 261 g/mol. The molecule has 1 aromatic carbocycles. The Morgan fingerprint density at radius 3 is 2.58 bits per heavy atom. The fourth-order valence-corrected chi connectivity index (χ4v) is 1.59. The number of ether oxygens (including phenoxy) is 1. The number of hydrogen-bond acceptors (Lipinski definition) is 3. The lowest BCUT2D eigenvalue weighted by Crippen LogP contribution is -2.42. The molecule has 0 aromatic heterocycles. The third-order valence-electron chi connectivity index (χ3n) is 2.88. The topological polar surface area (TPSA) is 64.4 Å². The predicted molar refractivity (Wildman–Crippen MR) is 61.1 cm³/mol. The zero-order valence-electron chi connectivity index (χ0n) is 9.96. The van der Waals surface area contributed by atoms with Crippen LogP contribution in [0.25, 0.3) is 0 Å². The molecule has 0 radical (unpaired) electrons. The van der Waals surface area contributed by atoms with Crippen LogP contribution in [0, 0.1) is 0 Å². The van der Waals surface area contributed by atoms with E-state index in [1.807, 2.05) is 0 Å². The number of carbonyl (C=O) groups excluding carboxylic acids is 1. The number of carbonyl (C=O) groups is 1. The molecule has 0 heterocycles. The van der Waals surface area contributed by atoms with Gasteiger partial charge in [0.25, 0.3) is 0 Å². The summed E-state index contributed by atoms with van der Waals surface area (Å²) in [4.78, 5) is 11.6. The number of hydrogen-bond donors (Lipinski definition) is 2. The van der Waals surface area contributed by atoms with Crippen LogP contribution in [0.15, 0.2) is 24.3 Å². The number of nitrogens with one attached hydrogen (secondary N) is 1. The van der Waals surface area contributed by atoms with E-state index >= 15 is 0 Å². The van der Waals surface area contributed by atoms with Gasteiger partial charge in [-0.3, -0.25) is 4.79 Å². The molecule has 1 amide bonds. The molecule has 0 atom stereocenters. The summed E-state index contributed by atoms with van der Waals surface area (Å²) in [5, 5.41) is 2.52. The van der Waals surface area contributed by atoms with Crippen LogP contribution in [0.4, 0.5) is 13.2 Å². The van der Waals surface area contributed by atoms with Crippen molar-refractivity contribution >= 4 is 5.91 Å². The number of benzene rings is 1. The number of halogens is 3. The van der Waals surface area contributed by atoms with Gasteiger partial charge in [-0.1, -0.05) is 18.2 Å². The molecule has 0 spiro atoms. The first-order valence-corrected chi connectivity index (χ1v) is 5.71. The first-order valence-electron chi connectivity index (χ1n) is 5.71. The zero-order valence-corrected chi connectivity index (χ0v) is 9.96. The molecule has 1 aliphatic rings. The minimum Gasteiger partial charge on any atom is -0.405 e.